The van der Waals surface area contributed by atoms with Gasteiger partial charge in [0, 0.05) is 37.3 Å². The van der Waals surface area contributed by atoms with Crippen LogP contribution in [0.2, 0.25) is 0 Å². The Labute approximate surface area is 206 Å². The molecule has 1 unspecified atom stereocenters. The second-order valence-corrected chi connectivity index (χ2v) is 8.29. The monoisotopic (exact) mass is 497 g/mol. The minimum absolute atomic E-state index is 0.0428. The number of anilines is 1. The predicted molar refractivity (Wildman–Crippen MR) is 128 cm³/mol. The number of carbonyl (C=O) groups excluding carboxylic acids is 1. The molecule has 1 aromatic heterocycles. The van der Waals surface area contributed by atoms with Crippen LogP contribution >= 0.6 is 0 Å². The van der Waals surface area contributed by atoms with Crippen molar-refractivity contribution < 1.29 is 33.0 Å². The number of hydrogen-bond acceptors (Lipinski definition) is 6. The van der Waals surface area contributed by atoms with Crippen molar-refractivity contribution in [2.75, 3.05) is 11.4 Å². The summed E-state index contributed by atoms with van der Waals surface area (Å²) in [5, 5.41) is 9.20. The molecule has 0 aliphatic carbocycles. The molecule has 1 saturated heterocycles. The maximum atomic E-state index is 14.6. The van der Waals surface area contributed by atoms with Crippen molar-refractivity contribution >= 4 is 17.6 Å². The van der Waals surface area contributed by atoms with E-state index in [2.05, 4.69) is 4.98 Å². The van der Waals surface area contributed by atoms with Crippen LogP contribution in [0.15, 0.2) is 48.5 Å². The van der Waals surface area contributed by atoms with Crippen molar-refractivity contribution in [3.63, 3.8) is 0 Å². The molecule has 2 heterocycles. The standard InChI is InChI=1S/C26H25F2N3O5/c1-2-22(26(33)34)36-25-21(28)13-20(27)24(30-25)35-19-11-17(16-6-3-5-15(9-16)14-29)10-18(12-19)31-8-4-7-23(31)32/h3,5-6,9-13,22H,2,4,7-8,14,29H2,1H3,(H,33,34). The van der Waals surface area contributed by atoms with Crippen LogP contribution in [-0.2, 0) is 16.1 Å². The second-order valence-electron chi connectivity index (χ2n) is 8.29. The first-order valence-corrected chi connectivity index (χ1v) is 11.5. The lowest BCUT2D eigenvalue weighted by Gasteiger charge is -2.19. The van der Waals surface area contributed by atoms with Crippen LogP contribution in [-0.4, -0.2) is 34.6 Å². The largest absolute Gasteiger partial charge is 0.479 e. The topological polar surface area (TPSA) is 115 Å². The Morgan fingerprint density at radius 1 is 1.14 bits per heavy atom. The maximum absolute atomic E-state index is 14.6. The third-order valence-electron chi connectivity index (χ3n) is 5.75. The van der Waals surface area contributed by atoms with Gasteiger partial charge in [-0.2, -0.15) is 4.98 Å². The van der Waals surface area contributed by atoms with Gasteiger partial charge in [0.15, 0.2) is 17.7 Å². The number of carbonyl (C=O) groups is 2. The number of aliphatic carboxylic acids is 1. The minimum Gasteiger partial charge on any atom is -0.479 e. The van der Waals surface area contributed by atoms with Crippen LogP contribution in [0.25, 0.3) is 11.1 Å². The fraction of sp³-hybridized carbons (Fsp3) is 0.269. The summed E-state index contributed by atoms with van der Waals surface area (Å²) in [7, 11) is 0. The Balaban J connectivity index is 1.74. The zero-order valence-corrected chi connectivity index (χ0v) is 19.5. The van der Waals surface area contributed by atoms with Crippen molar-refractivity contribution in [1.82, 2.24) is 4.98 Å². The lowest BCUT2D eigenvalue weighted by Crippen LogP contribution is -2.26. The number of amides is 1. The number of rotatable bonds is 9. The van der Waals surface area contributed by atoms with E-state index in [1.54, 1.807) is 24.0 Å². The van der Waals surface area contributed by atoms with Gasteiger partial charge in [0.25, 0.3) is 11.8 Å². The highest BCUT2D eigenvalue weighted by Crippen LogP contribution is 2.36. The van der Waals surface area contributed by atoms with Crippen molar-refractivity contribution in [3.05, 3.63) is 65.7 Å². The molecule has 1 atom stereocenters. The lowest BCUT2D eigenvalue weighted by molar-refractivity contribution is -0.145. The van der Waals surface area contributed by atoms with E-state index in [0.29, 0.717) is 43.2 Å². The van der Waals surface area contributed by atoms with E-state index in [1.807, 2.05) is 30.3 Å². The van der Waals surface area contributed by atoms with Crippen LogP contribution in [0.4, 0.5) is 14.5 Å². The number of pyridine rings is 1. The smallest absolute Gasteiger partial charge is 0.344 e. The first-order valence-electron chi connectivity index (χ1n) is 11.5. The van der Waals surface area contributed by atoms with E-state index in [0.717, 1.165) is 11.1 Å². The van der Waals surface area contributed by atoms with E-state index in [1.165, 1.54) is 0 Å². The third-order valence-corrected chi connectivity index (χ3v) is 5.75. The molecule has 1 aliphatic heterocycles. The van der Waals surface area contributed by atoms with Gasteiger partial charge in [-0.1, -0.05) is 25.1 Å². The van der Waals surface area contributed by atoms with Crippen molar-refractivity contribution in [1.29, 1.82) is 0 Å². The van der Waals surface area contributed by atoms with Crippen LogP contribution < -0.4 is 20.1 Å². The zero-order valence-electron chi connectivity index (χ0n) is 19.5. The van der Waals surface area contributed by atoms with Crippen molar-refractivity contribution in [3.8, 4) is 28.6 Å². The highest BCUT2D eigenvalue weighted by atomic mass is 19.1. The number of nitrogens with two attached hydrogens (primary N) is 1. The highest BCUT2D eigenvalue weighted by Gasteiger charge is 2.25. The molecule has 10 heteroatoms. The molecular formula is C26H25F2N3O5. The van der Waals surface area contributed by atoms with Crippen LogP contribution in [0, 0.1) is 11.6 Å². The quantitative estimate of drug-likeness (QED) is 0.442. The molecule has 0 radical (unpaired) electrons. The SMILES string of the molecule is CCC(Oc1nc(Oc2cc(-c3cccc(CN)c3)cc(N3CCCC3=O)c2)c(F)cc1F)C(=O)O. The summed E-state index contributed by atoms with van der Waals surface area (Å²) in [5.41, 5.74) is 8.72. The molecule has 0 bridgehead atoms. The molecule has 188 valence electrons. The van der Waals surface area contributed by atoms with E-state index < -0.39 is 35.5 Å². The average Bonchev–Trinajstić information content (AvgIpc) is 3.30. The Bertz CT molecular complexity index is 1300. The molecule has 4 rings (SSSR count). The fourth-order valence-electron chi connectivity index (χ4n) is 3.91. The number of ether oxygens (including phenoxy) is 2. The summed E-state index contributed by atoms with van der Waals surface area (Å²) in [6, 6.07) is 13.0. The number of carboxylic acids is 1. The molecule has 36 heavy (non-hydrogen) atoms. The van der Waals surface area contributed by atoms with Gasteiger partial charge < -0.3 is 25.2 Å². The van der Waals surface area contributed by atoms with E-state index in [-0.39, 0.29) is 18.1 Å². The van der Waals surface area contributed by atoms with Gasteiger partial charge in [-0.3, -0.25) is 4.79 Å². The Morgan fingerprint density at radius 3 is 2.58 bits per heavy atom. The van der Waals surface area contributed by atoms with E-state index in [9.17, 15) is 23.5 Å². The first-order chi connectivity index (χ1) is 17.3. The summed E-state index contributed by atoms with van der Waals surface area (Å²) in [4.78, 5) is 29.1. The summed E-state index contributed by atoms with van der Waals surface area (Å²) in [5.74, 6) is -4.75. The van der Waals surface area contributed by atoms with Gasteiger partial charge >= 0.3 is 5.97 Å². The molecule has 1 fully saturated rings. The van der Waals surface area contributed by atoms with E-state index in [4.69, 9.17) is 15.2 Å². The van der Waals surface area contributed by atoms with Gasteiger partial charge in [-0.05, 0) is 47.7 Å². The molecule has 3 aromatic rings. The van der Waals surface area contributed by atoms with Gasteiger partial charge in [0.2, 0.25) is 5.91 Å². The number of carboxylic acid groups (broad SMARTS) is 1. The highest BCUT2D eigenvalue weighted by molar-refractivity contribution is 5.96. The summed E-state index contributed by atoms with van der Waals surface area (Å²) >= 11 is 0. The maximum Gasteiger partial charge on any atom is 0.344 e. The molecular weight excluding hydrogens is 472 g/mol. The average molecular weight is 497 g/mol. The Hall–Kier alpha value is -4.05. The van der Waals surface area contributed by atoms with Crippen molar-refractivity contribution in [2.24, 2.45) is 5.73 Å². The summed E-state index contributed by atoms with van der Waals surface area (Å²) < 4.78 is 39.7. The van der Waals surface area contributed by atoms with Crippen LogP contribution in [0.1, 0.15) is 31.7 Å². The number of nitrogens with zero attached hydrogens (tertiary/aromatic N) is 2. The van der Waals surface area contributed by atoms with E-state index >= 15 is 0 Å². The summed E-state index contributed by atoms with van der Waals surface area (Å²) in [6.07, 6.45) is -0.198. The van der Waals surface area contributed by atoms with Gasteiger partial charge in [-0.25, -0.2) is 13.6 Å². The minimum atomic E-state index is -1.36. The normalized spacial score (nSPS) is 14.1. The van der Waals surface area contributed by atoms with Crippen molar-refractivity contribution in [2.45, 2.75) is 38.8 Å². The van der Waals surface area contributed by atoms with Crippen LogP contribution in [0.3, 0.4) is 0 Å². The van der Waals surface area contributed by atoms with Gasteiger partial charge in [-0.15, -0.1) is 0 Å². The summed E-state index contributed by atoms with van der Waals surface area (Å²) in [6.45, 7) is 2.41. The number of hydrogen-bond donors (Lipinski definition) is 2. The number of aromatic nitrogens is 1. The third kappa shape index (κ3) is 5.44. The predicted octanol–water partition coefficient (Wildman–Crippen LogP) is 4.65. The zero-order chi connectivity index (χ0) is 25.8. The van der Waals surface area contributed by atoms with Gasteiger partial charge in [0.1, 0.15) is 5.75 Å². The Kier molecular flexibility index (Phi) is 7.44. The fourth-order valence-corrected chi connectivity index (χ4v) is 3.91. The first kappa shape index (κ1) is 25.1. The Morgan fingerprint density at radius 2 is 1.92 bits per heavy atom. The molecule has 2 aromatic carbocycles. The lowest BCUT2D eigenvalue weighted by atomic mass is 10.0. The second kappa shape index (κ2) is 10.7. The molecule has 1 aliphatic rings. The molecule has 0 spiro atoms. The molecule has 0 saturated carbocycles. The molecule has 1 amide bonds. The van der Waals surface area contributed by atoms with Crippen LogP contribution in [0.5, 0.6) is 17.5 Å². The van der Waals surface area contributed by atoms with Gasteiger partial charge in [0.05, 0.1) is 0 Å². The molecule has 8 nitrogen and oxygen atoms in total. The molecule has 3 N–H and O–H groups in total. The number of benzene rings is 2. The number of halogens is 2.